The van der Waals surface area contributed by atoms with E-state index in [1.165, 1.54) is 0 Å². The number of nitrogens with zero attached hydrogens (tertiary/aromatic N) is 5. The molecule has 1 saturated carbocycles. The molecule has 39 heavy (non-hydrogen) atoms. The fourth-order valence-corrected chi connectivity index (χ4v) is 4.34. The number of nitrogen functional groups attached to an aromatic ring is 1. The van der Waals surface area contributed by atoms with Crippen molar-refractivity contribution in [3.05, 3.63) is 6.33 Å². The van der Waals surface area contributed by atoms with E-state index in [4.69, 9.17) is 29.0 Å². The fraction of sp³-hybridized carbons (Fsp3) is 0.708. The average molecular weight is 571 g/mol. The van der Waals surface area contributed by atoms with Gasteiger partial charge in [-0.2, -0.15) is 9.97 Å². The summed E-state index contributed by atoms with van der Waals surface area (Å²) in [5.74, 6) is -0.218. The van der Waals surface area contributed by atoms with Gasteiger partial charge in [0, 0.05) is 26.6 Å². The van der Waals surface area contributed by atoms with Crippen LogP contribution in [0.1, 0.15) is 48.0 Å². The summed E-state index contributed by atoms with van der Waals surface area (Å²) in [6.07, 6.45) is 1.72. The SMILES string of the molecule is CN(C)c1nc(N)nc2c1ncn2CC1CC1OCP(=O)(OCOC(=O)C(C)(C)C)OCOC(=O)C(C)(C)C. The van der Waals surface area contributed by atoms with Crippen molar-refractivity contribution >= 4 is 42.5 Å². The molecule has 14 nitrogen and oxygen atoms in total. The van der Waals surface area contributed by atoms with Crippen LogP contribution in [-0.2, 0) is 44.0 Å². The Balaban J connectivity index is 1.60. The second kappa shape index (κ2) is 11.7. The van der Waals surface area contributed by atoms with Gasteiger partial charge in [0.1, 0.15) is 6.35 Å². The first kappa shape index (κ1) is 30.7. The molecule has 0 spiro atoms. The quantitative estimate of drug-likeness (QED) is 0.224. The molecule has 0 saturated heterocycles. The Morgan fingerprint density at radius 2 is 1.62 bits per heavy atom. The number of aromatic nitrogens is 4. The van der Waals surface area contributed by atoms with Crippen LogP contribution >= 0.6 is 7.60 Å². The summed E-state index contributed by atoms with van der Waals surface area (Å²) in [5.41, 5.74) is 5.59. The first-order valence-electron chi connectivity index (χ1n) is 12.5. The van der Waals surface area contributed by atoms with Crippen molar-refractivity contribution in [2.45, 2.75) is 60.6 Å². The molecule has 1 fully saturated rings. The summed E-state index contributed by atoms with van der Waals surface area (Å²) < 4.78 is 41.8. The van der Waals surface area contributed by atoms with Gasteiger partial charge in [-0.05, 0) is 48.0 Å². The van der Waals surface area contributed by atoms with Crippen molar-refractivity contribution in [1.29, 1.82) is 0 Å². The number of carbonyl (C=O) groups excluding carboxylic acids is 2. The molecule has 2 N–H and O–H groups in total. The summed E-state index contributed by atoms with van der Waals surface area (Å²) in [6, 6.07) is 0. The van der Waals surface area contributed by atoms with E-state index in [-0.39, 0.29) is 18.0 Å². The summed E-state index contributed by atoms with van der Waals surface area (Å²) in [5, 5.41) is 0. The van der Waals surface area contributed by atoms with Gasteiger partial charge in [-0.1, -0.05) is 0 Å². The Kier molecular flexibility index (Phi) is 9.26. The molecule has 0 aliphatic heterocycles. The van der Waals surface area contributed by atoms with Crippen LogP contribution < -0.4 is 10.6 Å². The molecule has 218 valence electrons. The first-order chi connectivity index (χ1) is 18.0. The summed E-state index contributed by atoms with van der Waals surface area (Å²) in [7, 11) is -0.252. The molecule has 0 bridgehead atoms. The zero-order valence-corrected chi connectivity index (χ0v) is 24.7. The van der Waals surface area contributed by atoms with Crippen LogP contribution in [0, 0.1) is 16.7 Å². The molecule has 15 heteroatoms. The monoisotopic (exact) mass is 570 g/mol. The van der Waals surface area contributed by atoms with Crippen molar-refractivity contribution in [3.63, 3.8) is 0 Å². The largest absolute Gasteiger partial charge is 0.438 e. The molecule has 1 aliphatic rings. The van der Waals surface area contributed by atoms with Crippen molar-refractivity contribution in [2.75, 3.05) is 44.7 Å². The van der Waals surface area contributed by atoms with Crippen LogP contribution in [0.2, 0.25) is 0 Å². The lowest BCUT2D eigenvalue weighted by Crippen LogP contribution is -2.25. The Morgan fingerprint density at radius 3 is 2.13 bits per heavy atom. The zero-order valence-electron chi connectivity index (χ0n) is 23.8. The third-order valence-electron chi connectivity index (χ3n) is 5.73. The van der Waals surface area contributed by atoms with Crippen LogP contribution in [0.4, 0.5) is 11.8 Å². The number of imidazole rings is 1. The maximum Gasteiger partial charge on any atom is 0.361 e. The number of anilines is 2. The Bertz CT molecular complexity index is 1200. The highest BCUT2D eigenvalue weighted by molar-refractivity contribution is 7.53. The summed E-state index contributed by atoms with van der Waals surface area (Å²) in [4.78, 5) is 38.9. The lowest BCUT2D eigenvalue weighted by Gasteiger charge is -2.22. The van der Waals surface area contributed by atoms with Crippen molar-refractivity contribution in [2.24, 2.45) is 16.7 Å². The maximum absolute atomic E-state index is 13.3. The van der Waals surface area contributed by atoms with E-state index in [0.717, 1.165) is 0 Å². The van der Waals surface area contributed by atoms with Gasteiger partial charge in [-0.25, -0.2) is 4.98 Å². The Morgan fingerprint density at radius 1 is 1.05 bits per heavy atom. The highest BCUT2D eigenvalue weighted by Crippen LogP contribution is 2.50. The van der Waals surface area contributed by atoms with Gasteiger partial charge in [0.25, 0.3) is 0 Å². The van der Waals surface area contributed by atoms with Gasteiger partial charge in [-0.3, -0.25) is 23.2 Å². The van der Waals surface area contributed by atoms with Crippen molar-refractivity contribution in [3.8, 4) is 0 Å². The standard InChI is InChI=1S/C24H39N6O8P/c1-23(2,3)20(31)34-12-37-39(33,38-13-35-21(32)24(4,5)6)14-36-16-9-15(16)10-30-11-26-17-18(29(7)8)27-22(25)28-19(17)30/h11,15-16H,9-10,12-14H2,1-8H3,(H2,25,27,28). The molecular formula is C24H39N6O8P. The molecule has 0 aromatic carbocycles. The number of nitrogens with two attached hydrogens (primary N) is 1. The average Bonchev–Trinajstić information content (AvgIpc) is 3.45. The van der Waals surface area contributed by atoms with E-state index in [1.54, 1.807) is 47.9 Å². The van der Waals surface area contributed by atoms with Gasteiger partial charge < -0.3 is 29.4 Å². The highest BCUT2D eigenvalue weighted by Gasteiger charge is 2.41. The second-order valence-corrected chi connectivity index (χ2v) is 13.7. The minimum Gasteiger partial charge on any atom is -0.438 e. The molecule has 2 aromatic rings. The predicted octanol–water partition coefficient (Wildman–Crippen LogP) is 3.16. The van der Waals surface area contributed by atoms with Gasteiger partial charge in [0.2, 0.25) is 19.5 Å². The van der Waals surface area contributed by atoms with Crippen LogP contribution in [0.15, 0.2) is 6.33 Å². The molecule has 2 aromatic heterocycles. The lowest BCUT2D eigenvalue weighted by molar-refractivity contribution is -0.162. The molecule has 3 rings (SSSR count). The summed E-state index contributed by atoms with van der Waals surface area (Å²) >= 11 is 0. The number of hydrogen-bond donors (Lipinski definition) is 1. The van der Waals surface area contributed by atoms with E-state index in [0.29, 0.717) is 29.9 Å². The number of hydrogen-bond acceptors (Lipinski definition) is 13. The number of rotatable bonds is 12. The fourth-order valence-electron chi connectivity index (χ4n) is 3.31. The van der Waals surface area contributed by atoms with Crippen LogP contribution in [0.5, 0.6) is 0 Å². The van der Waals surface area contributed by atoms with E-state index in [2.05, 4.69) is 15.0 Å². The molecule has 1 aliphatic carbocycles. The number of ether oxygens (including phenoxy) is 3. The lowest BCUT2D eigenvalue weighted by atomic mass is 9.98. The summed E-state index contributed by atoms with van der Waals surface area (Å²) in [6.45, 7) is 9.42. The molecule has 2 atom stereocenters. The van der Waals surface area contributed by atoms with Crippen LogP contribution in [0.3, 0.4) is 0 Å². The first-order valence-corrected chi connectivity index (χ1v) is 14.2. The number of fused-ring (bicyclic) bond motifs is 1. The number of esters is 2. The third-order valence-corrected chi connectivity index (χ3v) is 7.19. The molecule has 0 amide bonds. The maximum atomic E-state index is 13.3. The Labute approximate surface area is 228 Å². The van der Waals surface area contributed by atoms with Crippen LogP contribution in [-0.4, -0.2) is 71.6 Å². The topological polar surface area (TPSA) is 170 Å². The van der Waals surface area contributed by atoms with Gasteiger partial charge >= 0.3 is 19.5 Å². The Hall–Kier alpha value is -2.80. The predicted molar refractivity (Wildman–Crippen MR) is 143 cm³/mol. The minimum atomic E-state index is -3.95. The molecule has 2 unspecified atom stereocenters. The van der Waals surface area contributed by atoms with Crippen molar-refractivity contribution < 1.29 is 37.4 Å². The minimum absolute atomic E-state index is 0.0901. The second-order valence-electron chi connectivity index (χ2n) is 11.7. The normalized spacial score (nSPS) is 17.7. The molecular weight excluding hydrogens is 531 g/mol. The molecule has 2 heterocycles. The smallest absolute Gasteiger partial charge is 0.361 e. The van der Waals surface area contributed by atoms with Gasteiger partial charge in [-0.15, -0.1) is 0 Å². The van der Waals surface area contributed by atoms with Gasteiger partial charge in [0.15, 0.2) is 17.0 Å². The highest BCUT2D eigenvalue weighted by atomic mass is 31.2. The van der Waals surface area contributed by atoms with Crippen molar-refractivity contribution in [1.82, 2.24) is 19.5 Å². The number of carbonyl (C=O) groups is 2. The van der Waals surface area contributed by atoms with E-state index >= 15 is 0 Å². The van der Waals surface area contributed by atoms with Gasteiger partial charge in [0.05, 0.1) is 23.3 Å². The third kappa shape index (κ3) is 8.34. The van der Waals surface area contributed by atoms with E-state index < -0.39 is 50.3 Å². The van der Waals surface area contributed by atoms with E-state index in [1.807, 2.05) is 23.6 Å². The van der Waals surface area contributed by atoms with E-state index in [9.17, 15) is 14.2 Å². The molecule has 0 radical (unpaired) electrons. The zero-order chi connectivity index (χ0) is 29.2. The van der Waals surface area contributed by atoms with Crippen LogP contribution in [0.25, 0.3) is 11.2 Å².